The molecular formula is C12H19NO2. The third-order valence-electron chi connectivity index (χ3n) is 2.86. The minimum atomic E-state index is 0.213. The van der Waals surface area contributed by atoms with E-state index in [1.165, 1.54) is 12.8 Å². The second-order valence-corrected chi connectivity index (χ2v) is 3.96. The van der Waals surface area contributed by atoms with E-state index in [-0.39, 0.29) is 12.1 Å². The lowest BCUT2D eigenvalue weighted by Gasteiger charge is -2.29. The summed E-state index contributed by atoms with van der Waals surface area (Å²) in [4.78, 5) is 0. The second-order valence-electron chi connectivity index (χ2n) is 3.96. The lowest BCUT2D eigenvalue weighted by molar-refractivity contribution is -0.0122. The zero-order valence-electron chi connectivity index (χ0n) is 9.24. The molecule has 84 valence electrons. The van der Waals surface area contributed by atoms with Crippen molar-refractivity contribution in [3.8, 4) is 0 Å². The van der Waals surface area contributed by atoms with Crippen LogP contribution < -0.4 is 5.32 Å². The molecule has 1 N–H and O–H groups in total. The molecule has 1 saturated heterocycles. The summed E-state index contributed by atoms with van der Waals surface area (Å²) >= 11 is 0. The fraction of sp³-hybridized carbons (Fsp3) is 0.667. The highest BCUT2D eigenvalue weighted by atomic mass is 16.5. The molecule has 3 nitrogen and oxygen atoms in total. The van der Waals surface area contributed by atoms with Crippen LogP contribution in [0.4, 0.5) is 0 Å². The van der Waals surface area contributed by atoms with Crippen molar-refractivity contribution in [1.29, 1.82) is 0 Å². The molecule has 2 heterocycles. The predicted molar refractivity (Wildman–Crippen MR) is 58.7 cm³/mol. The van der Waals surface area contributed by atoms with Crippen LogP contribution in [0, 0.1) is 0 Å². The van der Waals surface area contributed by atoms with E-state index in [2.05, 4.69) is 12.2 Å². The molecule has 2 unspecified atom stereocenters. The smallest absolute Gasteiger partial charge is 0.123 e. The lowest BCUT2D eigenvalue weighted by atomic mass is 10.0. The van der Waals surface area contributed by atoms with E-state index in [4.69, 9.17) is 9.15 Å². The van der Waals surface area contributed by atoms with E-state index in [9.17, 15) is 0 Å². The van der Waals surface area contributed by atoms with Crippen molar-refractivity contribution in [1.82, 2.24) is 5.32 Å². The number of likely N-dealkylation sites (N-methyl/N-ethyl adjacent to an activating group) is 1. The standard InChI is InChI=1S/C12H19NO2/c1-2-13-12(11-7-5-9-15-11)10-6-3-4-8-14-10/h5,7,9-10,12-13H,2-4,6,8H2,1H3. The van der Waals surface area contributed by atoms with Crippen LogP contribution >= 0.6 is 0 Å². The summed E-state index contributed by atoms with van der Waals surface area (Å²) in [5, 5.41) is 3.44. The Morgan fingerprint density at radius 3 is 3.07 bits per heavy atom. The Hall–Kier alpha value is -0.800. The van der Waals surface area contributed by atoms with Crippen LogP contribution in [0.2, 0.25) is 0 Å². The molecule has 0 aliphatic carbocycles. The number of rotatable bonds is 4. The van der Waals surface area contributed by atoms with Gasteiger partial charge in [-0.15, -0.1) is 0 Å². The summed E-state index contributed by atoms with van der Waals surface area (Å²) in [6, 6.07) is 4.17. The normalized spacial score (nSPS) is 23.9. The van der Waals surface area contributed by atoms with Crippen molar-refractivity contribution in [3.63, 3.8) is 0 Å². The van der Waals surface area contributed by atoms with Gasteiger partial charge in [0.05, 0.1) is 18.4 Å². The molecule has 1 aromatic heterocycles. The summed E-state index contributed by atoms with van der Waals surface area (Å²) in [6.45, 7) is 3.93. The quantitative estimate of drug-likeness (QED) is 0.827. The summed E-state index contributed by atoms with van der Waals surface area (Å²) < 4.78 is 11.3. The summed E-state index contributed by atoms with van der Waals surface area (Å²) in [5.74, 6) is 0.990. The van der Waals surface area contributed by atoms with E-state index in [0.717, 1.165) is 25.3 Å². The number of hydrogen-bond acceptors (Lipinski definition) is 3. The van der Waals surface area contributed by atoms with Crippen molar-refractivity contribution in [3.05, 3.63) is 24.2 Å². The van der Waals surface area contributed by atoms with Crippen LogP contribution in [0.15, 0.2) is 22.8 Å². The molecule has 2 atom stereocenters. The van der Waals surface area contributed by atoms with Crippen molar-refractivity contribution in [2.75, 3.05) is 13.2 Å². The molecule has 0 saturated carbocycles. The van der Waals surface area contributed by atoms with Gasteiger partial charge in [0.2, 0.25) is 0 Å². The third kappa shape index (κ3) is 2.61. The van der Waals surface area contributed by atoms with Crippen LogP contribution in [-0.2, 0) is 4.74 Å². The zero-order valence-corrected chi connectivity index (χ0v) is 9.24. The molecule has 1 aliphatic heterocycles. The first kappa shape index (κ1) is 10.7. The van der Waals surface area contributed by atoms with Crippen LogP contribution in [0.1, 0.15) is 38.0 Å². The molecule has 3 heteroatoms. The topological polar surface area (TPSA) is 34.4 Å². The average Bonchev–Trinajstić information content (AvgIpc) is 2.80. The Morgan fingerprint density at radius 2 is 2.47 bits per heavy atom. The molecule has 0 bridgehead atoms. The molecule has 0 spiro atoms. The van der Waals surface area contributed by atoms with Gasteiger partial charge in [-0.2, -0.15) is 0 Å². The molecule has 1 aromatic rings. The maximum absolute atomic E-state index is 5.79. The third-order valence-corrected chi connectivity index (χ3v) is 2.86. The van der Waals surface area contributed by atoms with E-state index in [1.54, 1.807) is 6.26 Å². The Morgan fingerprint density at radius 1 is 1.53 bits per heavy atom. The molecule has 2 rings (SSSR count). The van der Waals surface area contributed by atoms with Crippen molar-refractivity contribution >= 4 is 0 Å². The Labute approximate surface area is 90.8 Å². The van der Waals surface area contributed by atoms with Gasteiger partial charge in [-0.25, -0.2) is 0 Å². The highest BCUT2D eigenvalue weighted by Crippen LogP contribution is 2.26. The molecule has 1 aliphatic rings. The van der Waals surface area contributed by atoms with Crippen LogP contribution in [0.3, 0.4) is 0 Å². The van der Waals surface area contributed by atoms with E-state index >= 15 is 0 Å². The van der Waals surface area contributed by atoms with E-state index in [1.807, 2.05) is 12.1 Å². The largest absolute Gasteiger partial charge is 0.468 e. The summed E-state index contributed by atoms with van der Waals surface area (Å²) in [5.41, 5.74) is 0. The van der Waals surface area contributed by atoms with E-state index in [0.29, 0.717) is 0 Å². The van der Waals surface area contributed by atoms with Crippen LogP contribution in [-0.4, -0.2) is 19.3 Å². The predicted octanol–water partition coefficient (Wildman–Crippen LogP) is 2.50. The lowest BCUT2D eigenvalue weighted by Crippen LogP contribution is -2.35. The molecule has 1 fully saturated rings. The average molecular weight is 209 g/mol. The minimum Gasteiger partial charge on any atom is -0.468 e. The fourth-order valence-corrected chi connectivity index (χ4v) is 2.13. The molecule has 0 radical (unpaired) electrons. The molecular weight excluding hydrogens is 190 g/mol. The number of ether oxygens (including phenoxy) is 1. The van der Waals surface area contributed by atoms with Gasteiger partial charge in [0, 0.05) is 6.61 Å². The summed E-state index contributed by atoms with van der Waals surface area (Å²) in [7, 11) is 0. The maximum Gasteiger partial charge on any atom is 0.123 e. The molecule has 0 amide bonds. The molecule has 0 aromatic carbocycles. The Bertz CT molecular complexity index is 265. The Balaban J connectivity index is 2.04. The highest BCUT2D eigenvalue weighted by Gasteiger charge is 2.26. The van der Waals surface area contributed by atoms with Gasteiger partial charge in [-0.1, -0.05) is 6.92 Å². The highest BCUT2D eigenvalue weighted by molar-refractivity contribution is 5.07. The van der Waals surface area contributed by atoms with E-state index < -0.39 is 0 Å². The summed E-state index contributed by atoms with van der Waals surface area (Å²) in [6.07, 6.45) is 5.56. The van der Waals surface area contributed by atoms with Crippen LogP contribution in [0.5, 0.6) is 0 Å². The van der Waals surface area contributed by atoms with Gasteiger partial charge >= 0.3 is 0 Å². The van der Waals surface area contributed by atoms with Gasteiger partial charge in [0.15, 0.2) is 0 Å². The maximum atomic E-state index is 5.79. The van der Waals surface area contributed by atoms with Gasteiger partial charge in [0.1, 0.15) is 5.76 Å². The minimum absolute atomic E-state index is 0.213. The molecule has 15 heavy (non-hydrogen) atoms. The first-order valence-corrected chi connectivity index (χ1v) is 5.80. The fourth-order valence-electron chi connectivity index (χ4n) is 2.13. The first-order chi connectivity index (χ1) is 7.42. The number of nitrogens with one attached hydrogen (secondary N) is 1. The van der Waals surface area contributed by atoms with Crippen molar-refractivity contribution < 1.29 is 9.15 Å². The SMILES string of the molecule is CCNC(c1ccco1)C1CCCCO1. The van der Waals surface area contributed by atoms with Gasteiger partial charge in [-0.3, -0.25) is 0 Å². The van der Waals surface area contributed by atoms with Gasteiger partial charge in [-0.05, 0) is 37.9 Å². The first-order valence-electron chi connectivity index (χ1n) is 5.80. The number of furan rings is 1. The van der Waals surface area contributed by atoms with Crippen molar-refractivity contribution in [2.24, 2.45) is 0 Å². The van der Waals surface area contributed by atoms with Gasteiger partial charge in [0.25, 0.3) is 0 Å². The van der Waals surface area contributed by atoms with Crippen molar-refractivity contribution in [2.45, 2.75) is 38.3 Å². The number of hydrogen-bond donors (Lipinski definition) is 1. The van der Waals surface area contributed by atoms with Gasteiger partial charge < -0.3 is 14.5 Å². The second kappa shape index (κ2) is 5.33. The zero-order chi connectivity index (χ0) is 10.5. The van der Waals surface area contributed by atoms with Crippen LogP contribution in [0.25, 0.3) is 0 Å². The Kier molecular flexibility index (Phi) is 3.80. The monoisotopic (exact) mass is 209 g/mol.